The van der Waals surface area contributed by atoms with Crippen molar-refractivity contribution in [3.05, 3.63) is 0 Å². The van der Waals surface area contributed by atoms with E-state index in [0.717, 1.165) is 18.5 Å². The summed E-state index contributed by atoms with van der Waals surface area (Å²) in [4.78, 5) is 0. The van der Waals surface area contributed by atoms with Crippen LogP contribution < -0.4 is 5.32 Å². The summed E-state index contributed by atoms with van der Waals surface area (Å²) >= 11 is 0. The van der Waals surface area contributed by atoms with Crippen LogP contribution in [0.15, 0.2) is 0 Å². The molecule has 0 aromatic rings. The van der Waals surface area contributed by atoms with Gasteiger partial charge in [-0.2, -0.15) is 0 Å². The lowest BCUT2D eigenvalue weighted by Gasteiger charge is -2.43. The fraction of sp³-hybridized carbons (Fsp3) is 1.00. The van der Waals surface area contributed by atoms with Crippen molar-refractivity contribution >= 4 is 0 Å². The summed E-state index contributed by atoms with van der Waals surface area (Å²) in [6.07, 6.45) is 7.00. The molecule has 0 aliphatic heterocycles. The molecule has 14 heavy (non-hydrogen) atoms. The summed E-state index contributed by atoms with van der Waals surface area (Å²) < 4.78 is 0. The third kappa shape index (κ3) is 2.50. The van der Waals surface area contributed by atoms with Crippen molar-refractivity contribution in [3.63, 3.8) is 0 Å². The minimum absolute atomic E-state index is 0.659. The number of hydrogen-bond donors (Lipinski definition) is 1. The zero-order chi connectivity index (χ0) is 10.6. The van der Waals surface area contributed by atoms with E-state index in [4.69, 9.17) is 0 Å². The average molecular weight is 197 g/mol. The molecule has 0 aromatic carbocycles. The van der Waals surface area contributed by atoms with Crippen LogP contribution in [0.4, 0.5) is 0 Å². The van der Waals surface area contributed by atoms with E-state index in [2.05, 4.69) is 33.0 Å². The van der Waals surface area contributed by atoms with Gasteiger partial charge >= 0.3 is 0 Å². The van der Waals surface area contributed by atoms with Gasteiger partial charge < -0.3 is 5.32 Å². The topological polar surface area (TPSA) is 12.0 Å². The van der Waals surface area contributed by atoms with Gasteiger partial charge in [-0.3, -0.25) is 0 Å². The van der Waals surface area contributed by atoms with Gasteiger partial charge in [0, 0.05) is 6.04 Å². The van der Waals surface area contributed by atoms with Gasteiger partial charge in [-0.15, -0.1) is 0 Å². The molecule has 1 rings (SSSR count). The first-order chi connectivity index (χ1) is 6.64. The molecule has 1 heteroatoms. The molecule has 0 atom stereocenters. The van der Waals surface area contributed by atoms with Crippen molar-refractivity contribution < 1.29 is 0 Å². The Morgan fingerprint density at radius 1 is 1.21 bits per heavy atom. The van der Waals surface area contributed by atoms with Gasteiger partial charge in [0.2, 0.25) is 0 Å². The second-order valence-corrected chi connectivity index (χ2v) is 5.20. The second-order valence-electron chi connectivity index (χ2n) is 5.20. The van der Waals surface area contributed by atoms with Crippen LogP contribution in [0.5, 0.6) is 0 Å². The number of nitrogens with one attached hydrogen (secondary N) is 1. The maximum atomic E-state index is 3.59. The Balaban J connectivity index is 2.46. The first-order valence-electron chi connectivity index (χ1n) is 6.38. The van der Waals surface area contributed by atoms with Crippen LogP contribution in [0.2, 0.25) is 0 Å². The minimum Gasteiger partial charge on any atom is -0.314 e. The summed E-state index contributed by atoms with van der Waals surface area (Å²) in [6, 6.07) is 0.804. The van der Waals surface area contributed by atoms with Crippen LogP contribution in [0, 0.1) is 11.3 Å². The van der Waals surface area contributed by atoms with E-state index in [1.54, 1.807) is 0 Å². The summed E-state index contributed by atoms with van der Waals surface area (Å²) in [7, 11) is 0. The van der Waals surface area contributed by atoms with Crippen LogP contribution in [0.1, 0.15) is 59.8 Å². The van der Waals surface area contributed by atoms with Crippen molar-refractivity contribution in [1.29, 1.82) is 0 Å². The minimum atomic E-state index is 0.659. The van der Waals surface area contributed by atoms with Gasteiger partial charge in [-0.1, -0.05) is 34.1 Å². The molecule has 0 saturated heterocycles. The molecule has 0 amide bonds. The molecular weight excluding hydrogens is 170 g/mol. The summed E-state index contributed by atoms with van der Waals surface area (Å²) in [5.74, 6) is 0.857. The molecular formula is C13H27N. The van der Waals surface area contributed by atoms with Crippen molar-refractivity contribution in [2.24, 2.45) is 11.3 Å². The van der Waals surface area contributed by atoms with E-state index >= 15 is 0 Å². The first-order valence-corrected chi connectivity index (χ1v) is 6.38. The molecule has 1 fully saturated rings. The fourth-order valence-electron chi connectivity index (χ4n) is 3.02. The predicted octanol–water partition coefficient (Wildman–Crippen LogP) is 3.59. The van der Waals surface area contributed by atoms with Gasteiger partial charge in [0.05, 0.1) is 0 Å². The standard InChI is InChI=1S/C13H27N/c1-5-13(11(3)4)9-7-12(8-10-13)14-6-2/h11-12,14H,5-10H2,1-4H3. The largest absolute Gasteiger partial charge is 0.314 e. The van der Waals surface area contributed by atoms with Crippen molar-refractivity contribution in [2.75, 3.05) is 6.54 Å². The monoisotopic (exact) mass is 197 g/mol. The van der Waals surface area contributed by atoms with E-state index in [-0.39, 0.29) is 0 Å². The summed E-state index contributed by atoms with van der Waals surface area (Å²) in [5.41, 5.74) is 0.659. The second kappa shape index (κ2) is 5.16. The van der Waals surface area contributed by atoms with Crippen molar-refractivity contribution in [3.8, 4) is 0 Å². The molecule has 1 aliphatic carbocycles. The van der Waals surface area contributed by atoms with Crippen LogP contribution in [-0.4, -0.2) is 12.6 Å². The molecule has 1 N–H and O–H groups in total. The van der Waals surface area contributed by atoms with E-state index in [1.807, 2.05) is 0 Å². The molecule has 1 nitrogen and oxygen atoms in total. The van der Waals surface area contributed by atoms with Crippen LogP contribution in [-0.2, 0) is 0 Å². The summed E-state index contributed by atoms with van der Waals surface area (Å²) in [5, 5.41) is 3.59. The van der Waals surface area contributed by atoms with Crippen molar-refractivity contribution in [2.45, 2.75) is 65.8 Å². The SMILES string of the molecule is CCNC1CCC(CC)(C(C)C)CC1. The Labute approximate surface area is 89.7 Å². The van der Waals surface area contributed by atoms with Gasteiger partial charge in [-0.05, 0) is 43.6 Å². The lowest BCUT2D eigenvalue weighted by atomic mass is 9.64. The molecule has 0 heterocycles. The van der Waals surface area contributed by atoms with E-state index < -0.39 is 0 Å². The van der Waals surface area contributed by atoms with Crippen LogP contribution >= 0.6 is 0 Å². The average Bonchev–Trinajstić information content (AvgIpc) is 2.19. The number of hydrogen-bond acceptors (Lipinski definition) is 1. The third-order valence-corrected chi connectivity index (χ3v) is 4.40. The zero-order valence-electron chi connectivity index (χ0n) is 10.4. The maximum absolute atomic E-state index is 3.59. The van der Waals surface area contributed by atoms with E-state index in [1.165, 1.54) is 32.1 Å². The Bertz CT molecular complexity index is 155. The molecule has 0 radical (unpaired) electrons. The highest BCUT2D eigenvalue weighted by molar-refractivity contribution is 4.89. The lowest BCUT2D eigenvalue weighted by molar-refractivity contribution is 0.0960. The maximum Gasteiger partial charge on any atom is 0.00673 e. The molecule has 0 unspecified atom stereocenters. The highest BCUT2D eigenvalue weighted by Gasteiger charge is 2.35. The third-order valence-electron chi connectivity index (χ3n) is 4.40. The zero-order valence-corrected chi connectivity index (χ0v) is 10.4. The smallest absolute Gasteiger partial charge is 0.00673 e. The van der Waals surface area contributed by atoms with Crippen LogP contribution in [0.3, 0.4) is 0 Å². The van der Waals surface area contributed by atoms with E-state index in [9.17, 15) is 0 Å². The Hall–Kier alpha value is -0.0400. The normalized spacial score (nSPS) is 33.6. The van der Waals surface area contributed by atoms with Gasteiger partial charge in [0.25, 0.3) is 0 Å². The molecule has 0 spiro atoms. The molecule has 0 bridgehead atoms. The lowest BCUT2D eigenvalue weighted by Crippen LogP contribution is -2.39. The highest BCUT2D eigenvalue weighted by Crippen LogP contribution is 2.44. The molecule has 1 saturated carbocycles. The number of rotatable bonds is 4. The van der Waals surface area contributed by atoms with Crippen molar-refractivity contribution in [1.82, 2.24) is 5.32 Å². The molecule has 0 aromatic heterocycles. The van der Waals surface area contributed by atoms with Crippen LogP contribution in [0.25, 0.3) is 0 Å². The van der Waals surface area contributed by atoms with Gasteiger partial charge in [0.15, 0.2) is 0 Å². The first kappa shape index (κ1) is 12.0. The summed E-state index contributed by atoms with van der Waals surface area (Å²) in [6.45, 7) is 10.5. The van der Waals surface area contributed by atoms with Gasteiger partial charge in [0.1, 0.15) is 0 Å². The molecule has 84 valence electrons. The fourth-order valence-corrected chi connectivity index (χ4v) is 3.02. The highest BCUT2D eigenvalue weighted by atomic mass is 14.9. The predicted molar refractivity (Wildman–Crippen MR) is 63.5 cm³/mol. The Morgan fingerprint density at radius 3 is 2.14 bits per heavy atom. The Kier molecular flexibility index (Phi) is 4.43. The quantitative estimate of drug-likeness (QED) is 0.726. The Morgan fingerprint density at radius 2 is 1.79 bits per heavy atom. The van der Waals surface area contributed by atoms with E-state index in [0.29, 0.717) is 5.41 Å². The van der Waals surface area contributed by atoms with Gasteiger partial charge in [-0.25, -0.2) is 0 Å². The molecule has 1 aliphatic rings.